The van der Waals surface area contributed by atoms with E-state index in [2.05, 4.69) is 10.9 Å². The van der Waals surface area contributed by atoms with E-state index in [0.29, 0.717) is 0 Å². The molecule has 0 saturated carbocycles. The van der Waals surface area contributed by atoms with Crippen LogP contribution in [0.2, 0.25) is 0 Å². The summed E-state index contributed by atoms with van der Waals surface area (Å²) in [7, 11) is 0. The van der Waals surface area contributed by atoms with Gasteiger partial charge in [0.05, 0.1) is 5.56 Å². The molecule has 1 amide bonds. The molecular formula is C15H16N2O2. The molecule has 19 heavy (non-hydrogen) atoms. The van der Waals surface area contributed by atoms with E-state index in [1.54, 1.807) is 12.1 Å². The molecule has 0 spiro atoms. The lowest BCUT2D eigenvalue weighted by molar-refractivity contribution is 0.0936. The zero-order valence-corrected chi connectivity index (χ0v) is 10.9. The minimum absolute atomic E-state index is 0.0314. The van der Waals surface area contributed by atoms with Crippen molar-refractivity contribution in [2.75, 3.05) is 0 Å². The molecule has 2 aromatic rings. The second-order valence-electron chi connectivity index (χ2n) is 4.27. The third-order valence-corrected chi connectivity index (χ3v) is 2.91. The third kappa shape index (κ3) is 2.85. The van der Waals surface area contributed by atoms with Crippen LogP contribution in [-0.4, -0.2) is 11.0 Å². The number of aromatic hydroxyl groups is 1. The van der Waals surface area contributed by atoms with Gasteiger partial charge in [-0.2, -0.15) is 0 Å². The van der Waals surface area contributed by atoms with Crippen molar-refractivity contribution in [2.45, 2.75) is 13.8 Å². The Hall–Kier alpha value is -2.49. The van der Waals surface area contributed by atoms with E-state index in [1.165, 1.54) is 0 Å². The van der Waals surface area contributed by atoms with Crippen LogP contribution in [0.25, 0.3) is 10.8 Å². The maximum absolute atomic E-state index is 12.0. The van der Waals surface area contributed by atoms with Gasteiger partial charge in [0.25, 0.3) is 5.91 Å². The smallest absolute Gasteiger partial charge is 0.273 e. The van der Waals surface area contributed by atoms with Crippen LogP contribution in [-0.2, 0) is 0 Å². The summed E-state index contributed by atoms with van der Waals surface area (Å²) in [6.45, 7) is 3.70. The van der Waals surface area contributed by atoms with Crippen molar-refractivity contribution < 1.29 is 9.90 Å². The van der Waals surface area contributed by atoms with Crippen molar-refractivity contribution >= 4 is 16.7 Å². The van der Waals surface area contributed by atoms with Gasteiger partial charge in [0.2, 0.25) is 0 Å². The van der Waals surface area contributed by atoms with Crippen LogP contribution in [0.1, 0.15) is 24.2 Å². The maximum Gasteiger partial charge on any atom is 0.273 e. The standard InChI is InChI=1S/C15H16N2O2/c1-3-10(2)16-17-15(19)13-8-11-6-4-5-7-12(11)9-14(13)18/h3-9,16,18H,1-2H3,(H,17,19). The fourth-order valence-electron chi connectivity index (χ4n) is 1.70. The van der Waals surface area contributed by atoms with E-state index in [1.807, 2.05) is 44.2 Å². The molecule has 2 rings (SSSR count). The van der Waals surface area contributed by atoms with Crippen LogP contribution in [0.15, 0.2) is 48.2 Å². The van der Waals surface area contributed by atoms with Gasteiger partial charge < -0.3 is 10.5 Å². The van der Waals surface area contributed by atoms with Crippen molar-refractivity contribution in [1.82, 2.24) is 10.9 Å². The van der Waals surface area contributed by atoms with Gasteiger partial charge in [-0.15, -0.1) is 0 Å². The molecule has 0 saturated heterocycles. The van der Waals surface area contributed by atoms with E-state index < -0.39 is 0 Å². The third-order valence-electron chi connectivity index (χ3n) is 2.91. The lowest BCUT2D eigenvalue weighted by Gasteiger charge is -2.10. The monoisotopic (exact) mass is 256 g/mol. The van der Waals surface area contributed by atoms with Crippen molar-refractivity contribution in [3.8, 4) is 5.75 Å². The SMILES string of the molecule is CC=C(C)NNC(=O)c1cc2ccccc2cc1O. The molecule has 0 bridgehead atoms. The lowest BCUT2D eigenvalue weighted by atomic mass is 10.1. The van der Waals surface area contributed by atoms with Crippen LogP contribution in [0.4, 0.5) is 0 Å². The number of phenolic OH excluding ortho intramolecular Hbond substituents is 1. The van der Waals surface area contributed by atoms with Crippen LogP contribution < -0.4 is 10.9 Å². The molecule has 0 aliphatic heterocycles. The molecule has 0 aliphatic rings. The number of rotatable bonds is 3. The number of hydrogen-bond acceptors (Lipinski definition) is 3. The molecular weight excluding hydrogens is 240 g/mol. The highest BCUT2D eigenvalue weighted by Gasteiger charge is 2.11. The molecule has 98 valence electrons. The quantitative estimate of drug-likeness (QED) is 0.740. The van der Waals surface area contributed by atoms with Crippen molar-refractivity contribution in [3.63, 3.8) is 0 Å². The van der Waals surface area contributed by atoms with Crippen LogP contribution in [0.3, 0.4) is 0 Å². The molecule has 0 heterocycles. The number of allylic oxidation sites excluding steroid dienone is 2. The van der Waals surface area contributed by atoms with E-state index in [9.17, 15) is 9.90 Å². The highest BCUT2D eigenvalue weighted by Crippen LogP contribution is 2.24. The molecule has 0 fully saturated rings. The number of carbonyl (C=O) groups is 1. The topological polar surface area (TPSA) is 61.4 Å². The van der Waals surface area contributed by atoms with Crippen molar-refractivity contribution in [2.24, 2.45) is 0 Å². The van der Waals surface area contributed by atoms with Gasteiger partial charge in [0.1, 0.15) is 5.75 Å². The summed E-state index contributed by atoms with van der Waals surface area (Å²) in [4.78, 5) is 12.0. The summed E-state index contributed by atoms with van der Waals surface area (Å²) >= 11 is 0. The summed E-state index contributed by atoms with van der Waals surface area (Å²) in [5.74, 6) is -0.402. The number of phenols is 1. The predicted molar refractivity (Wildman–Crippen MR) is 75.6 cm³/mol. The molecule has 4 heteroatoms. The number of benzene rings is 2. The first-order valence-corrected chi connectivity index (χ1v) is 6.03. The number of hydrogen-bond donors (Lipinski definition) is 3. The summed E-state index contributed by atoms with van der Waals surface area (Å²) in [6, 6.07) is 10.8. The number of hydrazine groups is 1. The average molecular weight is 256 g/mol. The fourth-order valence-corrected chi connectivity index (χ4v) is 1.70. The first kappa shape index (κ1) is 13.0. The zero-order chi connectivity index (χ0) is 13.8. The van der Waals surface area contributed by atoms with E-state index in [-0.39, 0.29) is 17.2 Å². The van der Waals surface area contributed by atoms with Gasteiger partial charge in [-0.05, 0) is 36.8 Å². The Morgan fingerprint density at radius 3 is 2.42 bits per heavy atom. The Bertz CT molecular complexity index is 648. The second-order valence-corrected chi connectivity index (χ2v) is 4.27. The Morgan fingerprint density at radius 1 is 1.16 bits per heavy atom. The van der Waals surface area contributed by atoms with E-state index in [0.717, 1.165) is 16.5 Å². The zero-order valence-electron chi connectivity index (χ0n) is 10.9. The molecule has 4 nitrogen and oxygen atoms in total. The van der Waals surface area contributed by atoms with Crippen LogP contribution >= 0.6 is 0 Å². The molecule has 2 aromatic carbocycles. The second kappa shape index (κ2) is 5.44. The van der Waals surface area contributed by atoms with E-state index >= 15 is 0 Å². The molecule has 3 N–H and O–H groups in total. The Labute approximate surface area is 111 Å². The number of carbonyl (C=O) groups excluding carboxylic acids is 1. The maximum atomic E-state index is 12.0. The molecule has 0 aromatic heterocycles. The summed E-state index contributed by atoms with van der Waals surface area (Å²) in [5, 5.41) is 11.7. The summed E-state index contributed by atoms with van der Waals surface area (Å²) in [6.07, 6.45) is 1.83. The minimum Gasteiger partial charge on any atom is -0.507 e. The minimum atomic E-state index is -0.371. The van der Waals surface area contributed by atoms with Gasteiger partial charge in [0.15, 0.2) is 0 Å². The number of amides is 1. The van der Waals surface area contributed by atoms with Crippen molar-refractivity contribution in [1.29, 1.82) is 0 Å². The highest BCUT2D eigenvalue weighted by molar-refractivity contribution is 6.01. The molecule has 0 aliphatic carbocycles. The van der Waals surface area contributed by atoms with Crippen LogP contribution in [0.5, 0.6) is 5.75 Å². The van der Waals surface area contributed by atoms with Gasteiger partial charge in [-0.1, -0.05) is 30.3 Å². The van der Waals surface area contributed by atoms with Gasteiger partial charge in [0, 0.05) is 5.70 Å². The summed E-state index contributed by atoms with van der Waals surface area (Å²) < 4.78 is 0. The highest BCUT2D eigenvalue weighted by atomic mass is 16.3. The normalized spacial score (nSPS) is 11.4. The van der Waals surface area contributed by atoms with E-state index in [4.69, 9.17) is 0 Å². The Morgan fingerprint density at radius 2 is 1.79 bits per heavy atom. The van der Waals surface area contributed by atoms with Gasteiger partial charge in [-0.3, -0.25) is 10.2 Å². The predicted octanol–water partition coefficient (Wildman–Crippen LogP) is 2.70. The number of fused-ring (bicyclic) bond motifs is 1. The number of nitrogens with one attached hydrogen (secondary N) is 2. The summed E-state index contributed by atoms with van der Waals surface area (Å²) in [5.41, 5.74) is 6.37. The lowest BCUT2D eigenvalue weighted by Crippen LogP contribution is -2.36. The van der Waals surface area contributed by atoms with Gasteiger partial charge >= 0.3 is 0 Å². The van der Waals surface area contributed by atoms with Crippen molar-refractivity contribution in [3.05, 3.63) is 53.7 Å². The first-order chi connectivity index (χ1) is 9.11. The average Bonchev–Trinajstić information content (AvgIpc) is 2.43. The first-order valence-electron chi connectivity index (χ1n) is 6.03. The Kier molecular flexibility index (Phi) is 3.71. The molecule has 0 unspecified atom stereocenters. The van der Waals surface area contributed by atoms with Gasteiger partial charge in [-0.25, -0.2) is 0 Å². The molecule has 0 atom stereocenters. The largest absolute Gasteiger partial charge is 0.507 e. The molecule has 0 radical (unpaired) electrons. The van der Waals surface area contributed by atoms with Crippen LogP contribution in [0, 0.1) is 0 Å². The fraction of sp³-hybridized carbons (Fsp3) is 0.133. The Balaban J connectivity index is 2.29.